The highest BCUT2D eigenvalue weighted by Gasteiger charge is 2.25. The van der Waals surface area contributed by atoms with Gasteiger partial charge >= 0.3 is 0 Å². The van der Waals surface area contributed by atoms with Crippen molar-refractivity contribution in [2.45, 2.75) is 0 Å². The first-order valence-electron chi connectivity index (χ1n) is 5.05. The van der Waals surface area contributed by atoms with Crippen LogP contribution in [0.25, 0.3) is 0 Å². The van der Waals surface area contributed by atoms with Gasteiger partial charge in [-0.15, -0.1) is 0 Å². The fourth-order valence-electron chi connectivity index (χ4n) is 1.57. The highest BCUT2D eigenvalue weighted by molar-refractivity contribution is 9.10. The molecule has 0 bridgehead atoms. The van der Waals surface area contributed by atoms with Crippen LogP contribution in [-0.4, -0.2) is 5.78 Å². The van der Waals surface area contributed by atoms with Gasteiger partial charge in [0.15, 0.2) is 5.82 Å². The second kappa shape index (κ2) is 5.46. The monoisotopic (exact) mass is 392 g/mol. The molecule has 2 rings (SSSR count). The van der Waals surface area contributed by atoms with Crippen LogP contribution < -0.4 is 0 Å². The van der Waals surface area contributed by atoms with E-state index in [1.165, 1.54) is 12.1 Å². The van der Waals surface area contributed by atoms with E-state index in [9.17, 15) is 18.0 Å². The van der Waals surface area contributed by atoms with Crippen LogP contribution in [0.15, 0.2) is 39.3 Å². The number of carbonyl (C=O) groups excluding carboxylic acids is 1. The van der Waals surface area contributed by atoms with Crippen molar-refractivity contribution < 1.29 is 18.0 Å². The maximum absolute atomic E-state index is 13.8. The van der Waals surface area contributed by atoms with Crippen molar-refractivity contribution in [2.75, 3.05) is 0 Å². The summed E-state index contributed by atoms with van der Waals surface area (Å²) in [6.45, 7) is 0. The molecule has 0 aliphatic rings. The molecule has 0 aromatic heterocycles. The van der Waals surface area contributed by atoms with Crippen molar-refractivity contribution >= 4 is 37.6 Å². The van der Waals surface area contributed by atoms with Crippen LogP contribution in [0.1, 0.15) is 15.9 Å². The second-order valence-corrected chi connectivity index (χ2v) is 5.35. The van der Waals surface area contributed by atoms with E-state index in [1.54, 1.807) is 0 Å². The summed E-state index contributed by atoms with van der Waals surface area (Å²) < 4.78 is 41.1. The molecule has 2 aromatic rings. The lowest BCUT2D eigenvalue weighted by Crippen LogP contribution is -2.10. The summed E-state index contributed by atoms with van der Waals surface area (Å²) in [6, 6.07) is 5.92. The van der Waals surface area contributed by atoms with Gasteiger partial charge in [0, 0.05) is 4.47 Å². The number of carbonyl (C=O) groups is 1. The molecule has 0 saturated carbocycles. The Bertz CT molecular complexity index is 651. The van der Waals surface area contributed by atoms with Gasteiger partial charge in [-0.1, -0.05) is 6.07 Å². The zero-order valence-corrected chi connectivity index (χ0v) is 12.4. The molecule has 0 aliphatic carbocycles. The second-order valence-electron chi connectivity index (χ2n) is 3.64. The molecule has 98 valence electrons. The largest absolute Gasteiger partial charge is 0.288 e. The molecule has 1 nitrogen and oxygen atoms in total. The molecule has 2 aromatic carbocycles. The van der Waals surface area contributed by atoms with Gasteiger partial charge in [0.05, 0.1) is 15.6 Å². The molecule has 0 saturated heterocycles. The Hall–Kier alpha value is -1.14. The Balaban J connectivity index is 2.67. The normalized spacial score (nSPS) is 10.6. The van der Waals surface area contributed by atoms with Crippen LogP contribution >= 0.6 is 31.9 Å². The lowest BCUT2D eigenvalue weighted by atomic mass is 10.0. The van der Waals surface area contributed by atoms with E-state index in [4.69, 9.17) is 0 Å². The lowest BCUT2D eigenvalue weighted by molar-refractivity contribution is 0.102. The molecule has 0 fully saturated rings. The van der Waals surface area contributed by atoms with E-state index in [2.05, 4.69) is 31.9 Å². The standard InChI is InChI=1S/C13H5Br2F3O/c14-6-2-1-3-8(16)10(6)13(19)11-9(17)5-4-7(15)12(11)18/h1-5H. The quantitative estimate of drug-likeness (QED) is 0.526. The predicted molar refractivity (Wildman–Crippen MR) is 71.6 cm³/mol. The zero-order chi connectivity index (χ0) is 14.2. The molecule has 0 heterocycles. The van der Waals surface area contributed by atoms with Crippen LogP contribution in [0.3, 0.4) is 0 Å². The van der Waals surface area contributed by atoms with Crippen molar-refractivity contribution in [2.24, 2.45) is 0 Å². The molecule has 0 N–H and O–H groups in total. The summed E-state index contributed by atoms with van der Waals surface area (Å²) in [5.74, 6) is -4.00. The first kappa shape index (κ1) is 14.3. The lowest BCUT2D eigenvalue weighted by Gasteiger charge is -2.08. The van der Waals surface area contributed by atoms with Crippen LogP contribution in [0.2, 0.25) is 0 Å². The molecule has 0 radical (unpaired) electrons. The summed E-state index contributed by atoms with van der Waals surface area (Å²) >= 11 is 5.85. The van der Waals surface area contributed by atoms with Gasteiger partial charge in [0.2, 0.25) is 5.78 Å². The number of ketones is 1. The SMILES string of the molecule is O=C(c1c(F)cccc1Br)c1c(F)ccc(Br)c1F. The van der Waals surface area contributed by atoms with Crippen LogP contribution in [0, 0.1) is 17.5 Å². The first-order chi connectivity index (χ1) is 8.93. The Morgan fingerprint density at radius 3 is 2.11 bits per heavy atom. The van der Waals surface area contributed by atoms with Gasteiger partial charge in [-0.05, 0) is 56.1 Å². The fraction of sp³-hybridized carbons (Fsp3) is 0. The Labute approximate surface area is 123 Å². The Morgan fingerprint density at radius 1 is 0.842 bits per heavy atom. The summed E-state index contributed by atoms with van der Waals surface area (Å²) in [7, 11) is 0. The topological polar surface area (TPSA) is 17.1 Å². The van der Waals surface area contributed by atoms with Crippen LogP contribution in [0.5, 0.6) is 0 Å². The van der Waals surface area contributed by atoms with Crippen LogP contribution in [-0.2, 0) is 0 Å². The fourth-order valence-corrected chi connectivity index (χ4v) is 2.43. The van der Waals surface area contributed by atoms with Gasteiger partial charge in [-0.3, -0.25) is 4.79 Å². The highest BCUT2D eigenvalue weighted by Crippen LogP contribution is 2.28. The van der Waals surface area contributed by atoms with E-state index >= 15 is 0 Å². The minimum absolute atomic E-state index is 0.0651. The third-order valence-corrected chi connectivity index (χ3v) is 3.73. The number of halogens is 5. The molecule has 0 amide bonds. The average molecular weight is 394 g/mol. The molecule has 0 atom stereocenters. The minimum atomic E-state index is -1.06. The molecule has 19 heavy (non-hydrogen) atoms. The zero-order valence-electron chi connectivity index (χ0n) is 9.18. The maximum Gasteiger partial charge on any atom is 0.203 e. The predicted octanol–water partition coefficient (Wildman–Crippen LogP) is 4.86. The van der Waals surface area contributed by atoms with Gasteiger partial charge < -0.3 is 0 Å². The van der Waals surface area contributed by atoms with E-state index in [0.29, 0.717) is 0 Å². The third kappa shape index (κ3) is 2.60. The molecular weight excluding hydrogens is 389 g/mol. The first-order valence-corrected chi connectivity index (χ1v) is 6.64. The average Bonchev–Trinajstić information content (AvgIpc) is 2.34. The summed E-state index contributed by atoms with van der Waals surface area (Å²) in [5.41, 5.74) is -1.20. The summed E-state index contributed by atoms with van der Waals surface area (Å²) in [4.78, 5) is 12.1. The van der Waals surface area contributed by atoms with Gasteiger partial charge in [0.1, 0.15) is 11.6 Å². The van der Waals surface area contributed by atoms with Gasteiger partial charge in [0.25, 0.3) is 0 Å². The highest BCUT2D eigenvalue weighted by atomic mass is 79.9. The molecule has 0 aliphatic heterocycles. The Morgan fingerprint density at radius 2 is 1.47 bits per heavy atom. The summed E-state index contributed by atoms with van der Waals surface area (Å²) in [6.07, 6.45) is 0. The van der Waals surface area contributed by atoms with Crippen molar-refractivity contribution in [3.8, 4) is 0 Å². The third-order valence-electron chi connectivity index (χ3n) is 2.46. The molecular formula is C13H5Br2F3O. The van der Waals surface area contributed by atoms with Gasteiger partial charge in [-0.25, -0.2) is 13.2 Å². The number of hydrogen-bond acceptors (Lipinski definition) is 1. The smallest absolute Gasteiger partial charge is 0.203 e. The minimum Gasteiger partial charge on any atom is -0.288 e. The van der Waals surface area contributed by atoms with Crippen LogP contribution in [0.4, 0.5) is 13.2 Å². The molecule has 0 unspecified atom stereocenters. The van der Waals surface area contributed by atoms with Crippen molar-refractivity contribution in [1.29, 1.82) is 0 Å². The van der Waals surface area contributed by atoms with Crippen molar-refractivity contribution in [1.82, 2.24) is 0 Å². The van der Waals surface area contributed by atoms with Crippen molar-refractivity contribution in [3.63, 3.8) is 0 Å². The number of hydrogen-bond donors (Lipinski definition) is 0. The Kier molecular flexibility index (Phi) is 4.10. The maximum atomic E-state index is 13.8. The van der Waals surface area contributed by atoms with E-state index < -0.39 is 34.4 Å². The molecule has 6 heteroatoms. The van der Waals surface area contributed by atoms with Gasteiger partial charge in [-0.2, -0.15) is 0 Å². The van der Waals surface area contributed by atoms with E-state index in [0.717, 1.165) is 18.2 Å². The summed E-state index contributed by atoms with van der Waals surface area (Å²) in [5, 5.41) is 0. The van der Waals surface area contributed by atoms with E-state index in [-0.39, 0.29) is 8.95 Å². The number of benzene rings is 2. The molecule has 0 spiro atoms. The number of rotatable bonds is 2. The van der Waals surface area contributed by atoms with E-state index in [1.807, 2.05) is 0 Å². The van der Waals surface area contributed by atoms with Crippen molar-refractivity contribution in [3.05, 3.63) is 67.9 Å².